The smallest absolute Gasteiger partial charge is 0.0594 e. The van der Waals surface area contributed by atoms with Gasteiger partial charge in [0.15, 0.2) is 0 Å². The minimum atomic E-state index is 0.356. The van der Waals surface area contributed by atoms with Crippen molar-refractivity contribution in [2.75, 3.05) is 13.2 Å². The van der Waals surface area contributed by atoms with Crippen LogP contribution < -0.4 is 5.32 Å². The van der Waals surface area contributed by atoms with E-state index in [9.17, 15) is 0 Å². The van der Waals surface area contributed by atoms with Crippen LogP contribution in [0.5, 0.6) is 0 Å². The lowest BCUT2D eigenvalue weighted by atomic mass is 10.4. The van der Waals surface area contributed by atoms with Crippen molar-refractivity contribution in [1.82, 2.24) is 5.32 Å². The summed E-state index contributed by atoms with van der Waals surface area (Å²) in [5.41, 5.74) is 0. The fourth-order valence-corrected chi connectivity index (χ4v) is 0.642. The lowest BCUT2D eigenvalue weighted by Crippen LogP contribution is -2.27. The monoisotopic (exact) mass is 175 g/mol. The SMILES string of the molecule is CC.CC(C)NCCOC(C)C. The van der Waals surface area contributed by atoms with Crippen molar-refractivity contribution in [2.45, 2.75) is 53.7 Å². The Labute approximate surface area is 77.7 Å². The molecule has 0 aromatic rings. The molecule has 0 spiro atoms. The van der Waals surface area contributed by atoms with E-state index in [0.717, 1.165) is 13.2 Å². The second-order valence-electron chi connectivity index (χ2n) is 3.03. The molecule has 0 aliphatic carbocycles. The van der Waals surface area contributed by atoms with Gasteiger partial charge in [0.1, 0.15) is 0 Å². The second-order valence-corrected chi connectivity index (χ2v) is 3.03. The van der Waals surface area contributed by atoms with E-state index in [4.69, 9.17) is 4.74 Å². The highest BCUT2D eigenvalue weighted by molar-refractivity contribution is 4.51. The molecule has 0 heterocycles. The maximum atomic E-state index is 5.33. The molecule has 2 heteroatoms. The second kappa shape index (κ2) is 10.9. The average Bonchev–Trinajstić information content (AvgIpc) is 2.02. The van der Waals surface area contributed by atoms with E-state index in [1.807, 2.05) is 13.8 Å². The van der Waals surface area contributed by atoms with Crippen LogP contribution in [-0.2, 0) is 4.74 Å². The van der Waals surface area contributed by atoms with Crippen LogP contribution in [0.3, 0.4) is 0 Å². The molecule has 0 unspecified atom stereocenters. The molecular formula is C10H25NO. The van der Waals surface area contributed by atoms with Gasteiger partial charge in [-0.1, -0.05) is 27.7 Å². The number of rotatable bonds is 5. The first-order valence-corrected chi connectivity index (χ1v) is 4.98. The van der Waals surface area contributed by atoms with E-state index in [1.54, 1.807) is 0 Å². The Bertz CT molecular complexity index is 62.2. The summed E-state index contributed by atoms with van der Waals surface area (Å²) >= 11 is 0. The van der Waals surface area contributed by atoms with E-state index in [-0.39, 0.29) is 0 Å². The molecule has 0 aliphatic rings. The molecule has 76 valence electrons. The predicted octanol–water partition coefficient (Wildman–Crippen LogP) is 2.44. The number of ether oxygens (including phenoxy) is 1. The average molecular weight is 175 g/mol. The van der Waals surface area contributed by atoms with E-state index in [1.165, 1.54) is 0 Å². The minimum absolute atomic E-state index is 0.356. The highest BCUT2D eigenvalue weighted by Gasteiger charge is 1.93. The molecular weight excluding hydrogens is 150 g/mol. The van der Waals surface area contributed by atoms with Crippen molar-refractivity contribution in [3.8, 4) is 0 Å². The zero-order chi connectivity index (χ0) is 9.98. The van der Waals surface area contributed by atoms with Gasteiger partial charge < -0.3 is 10.1 Å². The van der Waals surface area contributed by atoms with E-state index in [2.05, 4.69) is 33.0 Å². The van der Waals surface area contributed by atoms with Crippen LogP contribution in [0.1, 0.15) is 41.5 Å². The fraction of sp³-hybridized carbons (Fsp3) is 1.00. The number of hydrogen-bond donors (Lipinski definition) is 1. The van der Waals surface area contributed by atoms with Gasteiger partial charge in [-0.3, -0.25) is 0 Å². The molecule has 0 aromatic carbocycles. The van der Waals surface area contributed by atoms with Gasteiger partial charge in [-0.2, -0.15) is 0 Å². The van der Waals surface area contributed by atoms with Crippen molar-refractivity contribution >= 4 is 0 Å². The van der Waals surface area contributed by atoms with Crippen LogP contribution in [0.25, 0.3) is 0 Å². The first kappa shape index (κ1) is 14.4. The van der Waals surface area contributed by atoms with Gasteiger partial charge in [0.25, 0.3) is 0 Å². The summed E-state index contributed by atoms with van der Waals surface area (Å²) in [7, 11) is 0. The van der Waals surface area contributed by atoms with Crippen LogP contribution >= 0.6 is 0 Å². The number of nitrogens with one attached hydrogen (secondary N) is 1. The zero-order valence-electron chi connectivity index (χ0n) is 9.48. The summed E-state index contributed by atoms with van der Waals surface area (Å²) < 4.78 is 5.33. The summed E-state index contributed by atoms with van der Waals surface area (Å²) in [4.78, 5) is 0. The minimum Gasteiger partial charge on any atom is -0.377 e. The van der Waals surface area contributed by atoms with Gasteiger partial charge in [-0.15, -0.1) is 0 Å². The topological polar surface area (TPSA) is 21.3 Å². The van der Waals surface area contributed by atoms with Crippen LogP contribution in [0, 0.1) is 0 Å². The molecule has 0 radical (unpaired) electrons. The van der Waals surface area contributed by atoms with Gasteiger partial charge in [-0.25, -0.2) is 0 Å². The molecule has 0 atom stereocenters. The van der Waals surface area contributed by atoms with Crippen molar-refractivity contribution in [1.29, 1.82) is 0 Å². The Kier molecular flexibility index (Phi) is 13.1. The standard InChI is InChI=1S/C8H19NO.C2H6/c1-7(2)9-5-6-10-8(3)4;1-2/h7-9H,5-6H2,1-4H3;1-2H3. The van der Waals surface area contributed by atoms with Crippen LogP contribution in [0.2, 0.25) is 0 Å². The molecule has 2 nitrogen and oxygen atoms in total. The summed E-state index contributed by atoms with van der Waals surface area (Å²) in [5, 5.41) is 3.28. The molecule has 0 fully saturated rings. The Balaban J connectivity index is 0. The maximum absolute atomic E-state index is 5.33. The van der Waals surface area contributed by atoms with Crippen molar-refractivity contribution in [2.24, 2.45) is 0 Å². The summed E-state index contributed by atoms with van der Waals surface area (Å²) in [5.74, 6) is 0. The van der Waals surface area contributed by atoms with Gasteiger partial charge in [0.05, 0.1) is 12.7 Å². The summed E-state index contributed by atoms with van der Waals surface area (Å²) in [6.45, 7) is 14.1. The third-order valence-electron chi connectivity index (χ3n) is 1.11. The summed E-state index contributed by atoms with van der Waals surface area (Å²) in [6, 6.07) is 0.566. The highest BCUT2D eigenvalue weighted by atomic mass is 16.5. The quantitative estimate of drug-likeness (QED) is 0.648. The Morgan fingerprint density at radius 3 is 1.92 bits per heavy atom. The molecule has 0 bridgehead atoms. The van der Waals surface area contributed by atoms with Gasteiger partial charge in [-0.05, 0) is 13.8 Å². The normalized spacial score (nSPS) is 10.0. The zero-order valence-corrected chi connectivity index (χ0v) is 9.48. The molecule has 0 saturated carbocycles. The van der Waals surface area contributed by atoms with Gasteiger partial charge in [0, 0.05) is 12.6 Å². The molecule has 1 N–H and O–H groups in total. The van der Waals surface area contributed by atoms with E-state index >= 15 is 0 Å². The molecule has 0 aromatic heterocycles. The molecule has 0 rings (SSSR count). The van der Waals surface area contributed by atoms with Crippen molar-refractivity contribution < 1.29 is 4.74 Å². The molecule has 12 heavy (non-hydrogen) atoms. The van der Waals surface area contributed by atoms with Crippen LogP contribution in [0.4, 0.5) is 0 Å². The first-order valence-electron chi connectivity index (χ1n) is 4.98. The largest absolute Gasteiger partial charge is 0.377 e. The molecule has 0 saturated heterocycles. The van der Waals surface area contributed by atoms with Crippen molar-refractivity contribution in [3.05, 3.63) is 0 Å². The molecule has 0 amide bonds. The third kappa shape index (κ3) is 16.5. The van der Waals surface area contributed by atoms with Crippen LogP contribution in [-0.4, -0.2) is 25.3 Å². The first-order chi connectivity index (χ1) is 5.63. The van der Waals surface area contributed by atoms with Crippen molar-refractivity contribution in [3.63, 3.8) is 0 Å². The number of hydrogen-bond acceptors (Lipinski definition) is 2. The Morgan fingerprint density at radius 2 is 1.58 bits per heavy atom. The Hall–Kier alpha value is -0.0800. The molecule has 0 aliphatic heterocycles. The fourth-order valence-electron chi connectivity index (χ4n) is 0.642. The van der Waals surface area contributed by atoms with E-state index in [0.29, 0.717) is 12.1 Å². The lowest BCUT2D eigenvalue weighted by molar-refractivity contribution is 0.0799. The summed E-state index contributed by atoms with van der Waals surface area (Å²) in [6.07, 6.45) is 0.356. The maximum Gasteiger partial charge on any atom is 0.0594 e. The van der Waals surface area contributed by atoms with E-state index < -0.39 is 0 Å². The highest BCUT2D eigenvalue weighted by Crippen LogP contribution is 1.85. The van der Waals surface area contributed by atoms with Gasteiger partial charge >= 0.3 is 0 Å². The third-order valence-corrected chi connectivity index (χ3v) is 1.11. The van der Waals surface area contributed by atoms with Gasteiger partial charge in [0.2, 0.25) is 0 Å². The van der Waals surface area contributed by atoms with Crippen LogP contribution in [0.15, 0.2) is 0 Å². The predicted molar refractivity (Wildman–Crippen MR) is 55.6 cm³/mol. The Morgan fingerprint density at radius 1 is 1.08 bits per heavy atom. The lowest BCUT2D eigenvalue weighted by Gasteiger charge is -2.10.